The fourth-order valence-corrected chi connectivity index (χ4v) is 3.98. The Morgan fingerprint density at radius 3 is 2.35 bits per heavy atom. The molecule has 1 aliphatic carbocycles. The van der Waals surface area contributed by atoms with Gasteiger partial charge in [0.2, 0.25) is 11.8 Å². The van der Waals surface area contributed by atoms with Crippen molar-refractivity contribution in [1.29, 1.82) is 0 Å². The third-order valence-electron chi connectivity index (χ3n) is 5.99. The van der Waals surface area contributed by atoms with E-state index in [1.807, 2.05) is 48.9 Å². The van der Waals surface area contributed by atoms with Crippen LogP contribution in [0.1, 0.15) is 30.7 Å². The minimum Gasteiger partial charge on any atom is -0.352 e. The fourth-order valence-electron chi connectivity index (χ4n) is 3.98. The molecule has 0 atom stereocenters. The second kappa shape index (κ2) is 9.62. The molecule has 2 aromatic rings. The number of nitrogens with one attached hydrogen (secondary N) is 2. The normalized spacial score (nSPS) is 17.5. The smallest absolute Gasteiger partial charge is 0.234 e. The molecule has 1 aliphatic heterocycles. The van der Waals surface area contributed by atoms with Crippen molar-refractivity contribution in [3.63, 3.8) is 0 Å². The second-order valence-corrected chi connectivity index (χ2v) is 8.55. The van der Waals surface area contributed by atoms with Gasteiger partial charge in [-0.05, 0) is 38.8 Å². The van der Waals surface area contributed by atoms with Crippen molar-refractivity contribution >= 4 is 17.5 Å². The number of rotatable bonds is 8. The highest BCUT2D eigenvalue weighted by molar-refractivity contribution is 5.92. The highest BCUT2D eigenvalue weighted by Gasteiger charge is 2.25. The van der Waals surface area contributed by atoms with E-state index in [1.54, 1.807) is 0 Å². The Morgan fingerprint density at radius 2 is 1.68 bits per heavy atom. The lowest BCUT2D eigenvalue weighted by molar-refractivity contribution is -0.122. The molecule has 31 heavy (non-hydrogen) atoms. The zero-order valence-electron chi connectivity index (χ0n) is 18.4. The van der Waals surface area contributed by atoms with Crippen LogP contribution in [0.15, 0.2) is 30.3 Å². The van der Waals surface area contributed by atoms with Crippen LogP contribution in [-0.4, -0.2) is 76.7 Å². The molecule has 8 nitrogen and oxygen atoms in total. The Bertz CT molecular complexity index is 914. The number of hydrogen-bond donors (Lipinski definition) is 2. The Labute approximate surface area is 183 Å². The zero-order chi connectivity index (χ0) is 21.8. The van der Waals surface area contributed by atoms with Crippen LogP contribution in [0.4, 0.5) is 5.69 Å². The van der Waals surface area contributed by atoms with Crippen LogP contribution in [-0.2, 0) is 9.59 Å². The van der Waals surface area contributed by atoms with E-state index in [4.69, 9.17) is 0 Å². The zero-order valence-corrected chi connectivity index (χ0v) is 18.4. The molecule has 1 aromatic carbocycles. The highest BCUT2D eigenvalue weighted by Crippen LogP contribution is 2.23. The Morgan fingerprint density at radius 1 is 1.00 bits per heavy atom. The molecule has 2 aliphatic rings. The van der Waals surface area contributed by atoms with Gasteiger partial charge in [-0.15, -0.1) is 0 Å². The van der Waals surface area contributed by atoms with Gasteiger partial charge in [0.1, 0.15) is 0 Å². The third-order valence-corrected chi connectivity index (χ3v) is 5.99. The van der Waals surface area contributed by atoms with E-state index < -0.39 is 0 Å². The largest absolute Gasteiger partial charge is 0.352 e. The van der Waals surface area contributed by atoms with Gasteiger partial charge in [-0.25, -0.2) is 4.68 Å². The van der Waals surface area contributed by atoms with Gasteiger partial charge in [0.15, 0.2) is 0 Å². The molecular weight excluding hydrogens is 392 g/mol. The summed E-state index contributed by atoms with van der Waals surface area (Å²) in [6.07, 6.45) is 2.68. The van der Waals surface area contributed by atoms with Gasteiger partial charge in [0.05, 0.1) is 29.3 Å². The summed E-state index contributed by atoms with van der Waals surface area (Å²) in [5.74, 6) is 0.141. The van der Waals surface area contributed by atoms with Crippen molar-refractivity contribution in [2.24, 2.45) is 0 Å². The predicted octanol–water partition coefficient (Wildman–Crippen LogP) is 1.71. The number of para-hydroxylation sites is 1. The monoisotopic (exact) mass is 424 g/mol. The summed E-state index contributed by atoms with van der Waals surface area (Å²) in [6, 6.07) is 10.3. The molecule has 0 unspecified atom stereocenters. The summed E-state index contributed by atoms with van der Waals surface area (Å²) in [7, 11) is 0. The maximum absolute atomic E-state index is 12.6. The molecule has 2 heterocycles. The van der Waals surface area contributed by atoms with Gasteiger partial charge in [0.25, 0.3) is 0 Å². The molecule has 0 spiro atoms. The van der Waals surface area contributed by atoms with Crippen molar-refractivity contribution in [1.82, 2.24) is 24.9 Å². The molecule has 0 radical (unpaired) electrons. The maximum Gasteiger partial charge on any atom is 0.234 e. The third kappa shape index (κ3) is 5.71. The summed E-state index contributed by atoms with van der Waals surface area (Å²) >= 11 is 0. The molecule has 2 amide bonds. The number of carbonyl (C=O) groups excluding carboxylic acids is 2. The number of nitrogens with zero attached hydrogens (tertiary/aromatic N) is 4. The number of piperazine rings is 1. The van der Waals surface area contributed by atoms with Crippen molar-refractivity contribution in [2.45, 2.75) is 39.2 Å². The summed E-state index contributed by atoms with van der Waals surface area (Å²) < 4.78 is 1.86. The number of benzene rings is 1. The van der Waals surface area contributed by atoms with Gasteiger partial charge < -0.3 is 15.5 Å². The molecule has 0 bridgehead atoms. The van der Waals surface area contributed by atoms with E-state index >= 15 is 0 Å². The van der Waals surface area contributed by atoms with Gasteiger partial charge >= 0.3 is 0 Å². The van der Waals surface area contributed by atoms with Gasteiger partial charge in [-0.1, -0.05) is 18.2 Å². The Hall–Kier alpha value is -2.71. The first-order valence-corrected chi connectivity index (χ1v) is 11.1. The van der Waals surface area contributed by atoms with Crippen LogP contribution in [0.25, 0.3) is 5.69 Å². The minimum absolute atomic E-state index is 0.00468. The van der Waals surface area contributed by atoms with Crippen LogP contribution in [0, 0.1) is 13.8 Å². The number of carbonyl (C=O) groups is 2. The molecule has 2 fully saturated rings. The van der Waals surface area contributed by atoms with Gasteiger partial charge in [-0.3, -0.25) is 14.5 Å². The topological polar surface area (TPSA) is 82.5 Å². The van der Waals surface area contributed by atoms with E-state index in [0.29, 0.717) is 19.0 Å². The lowest BCUT2D eigenvalue weighted by atomic mass is 10.2. The predicted molar refractivity (Wildman–Crippen MR) is 120 cm³/mol. The van der Waals surface area contributed by atoms with E-state index in [2.05, 4.69) is 25.5 Å². The van der Waals surface area contributed by atoms with Crippen molar-refractivity contribution in [2.75, 3.05) is 44.6 Å². The lowest BCUT2D eigenvalue weighted by Crippen LogP contribution is -2.50. The van der Waals surface area contributed by atoms with Crippen molar-refractivity contribution in [3.05, 3.63) is 41.7 Å². The van der Waals surface area contributed by atoms with Gasteiger partial charge in [-0.2, -0.15) is 5.10 Å². The van der Waals surface area contributed by atoms with Crippen molar-refractivity contribution < 1.29 is 9.59 Å². The maximum atomic E-state index is 12.6. The van der Waals surface area contributed by atoms with E-state index in [9.17, 15) is 9.59 Å². The minimum atomic E-state index is 0.00468. The molecule has 2 N–H and O–H groups in total. The first kappa shape index (κ1) is 21.5. The first-order chi connectivity index (χ1) is 15.0. The molecule has 8 heteroatoms. The van der Waals surface area contributed by atoms with E-state index in [-0.39, 0.29) is 11.8 Å². The standard InChI is InChI=1S/C23H32N6O2/c1-17-23(18(2)29(26-17)20-6-4-3-5-7-20)25-21(30)10-11-27-12-14-28(15-13-27)16-22(31)24-19-8-9-19/h3-7,19H,8-16H2,1-2H3,(H,24,31)(H,25,30). The quantitative estimate of drug-likeness (QED) is 0.674. The van der Waals surface area contributed by atoms with Crippen LogP contribution in [0.3, 0.4) is 0 Å². The number of hydrogen-bond acceptors (Lipinski definition) is 5. The van der Waals surface area contributed by atoms with E-state index in [0.717, 1.165) is 68.3 Å². The second-order valence-electron chi connectivity index (χ2n) is 8.55. The summed E-state index contributed by atoms with van der Waals surface area (Å²) in [6.45, 7) is 8.58. The van der Waals surface area contributed by atoms with Crippen LogP contribution in [0.2, 0.25) is 0 Å². The molecular formula is C23H32N6O2. The summed E-state index contributed by atoms with van der Waals surface area (Å²) in [4.78, 5) is 29.0. The number of aryl methyl sites for hydroxylation is 1. The average molecular weight is 425 g/mol. The summed E-state index contributed by atoms with van der Waals surface area (Å²) in [5.41, 5.74) is 3.51. The highest BCUT2D eigenvalue weighted by atomic mass is 16.2. The Kier molecular flexibility index (Phi) is 6.67. The average Bonchev–Trinajstić information content (AvgIpc) is 3.54. The molecule has 1 aromatic heterocycles. The molecule has 1 saturated carbocycles. The fraction of sp³-hybridized carbons (Fsp3) is 0.522. The SMILES string of the molecule is Cc1nn(-c2ccccc2)c(C)c1NC(=O)CCN1CCN(CC(=O)NC2CC2)CC1. The van der Waals surface area contributed by atoms with E-state index in [1.165, 1.54) is 0 Å². The van der Waals surface area contributed by atoms with Gasteiger partial charge in [0, 0.05) is 45.2 Å². The van der Waals surface area contributed by atoms with Crippen LogP contribution >= 0.6 is 0 Å². The molecule has 166 valence electrons. The number of anilines is 1. The van der Waals surface area contributed by atoms with Crippen LogP contribution < -0.4 is 10.6 Å². The first-order valence-electron chi connectivity index (χ1n) is 11.1. The molecule has 4 rings (SSSR count). The number of amides is 2. The lowest BCUT2D eigenvalue weighted by Gasteiger charge is -2.34. The Balaban J connectivity index is 1.22. The van der Waals surface area contributed by atoms with Crippen molar-refractivity contribution in [3.8, 4) is 5.69 Å². The van der Waals surface area contributed by atoms with Crippen LogP contribution in [0.5, 0.6) is 0 Å². The summed E-state index contributed by atoms with van der Waals surface area (Å²) in [5, 5.41) is 10.7. The molecule has 1 saturated heterocycles. The number of aromatic nitrogens is 2.